The van der Waals surface area contributed by atoms with Gasteiger partial charge in [0.05, 0.1) is 12.7 Å². The molecule has 0 bridgehead atoms. The van der Waals surface area contributed by atoms with Crippen molar-refractivity contribution >= 4 is 26.2 Å². The molecule has 0 aliphatic heterocycles. The second-order valence-electron chi connectivity index (χ2n) is 9.49. The Labute approximate surface area is 216 Å². The summed E-state index contributed by atoms with van der Waals surface area (Å²) in [6, 6.07) is 0. The highest BCUT2D eigenvalue weighted by molar-refractivity contribution is 7.99. The van der Waals surface area contributed by atoms with Gasteiger partial charge in [0.15, 0.2) is 0 Å². The lowest BCUT2D eigenvalue weighted by molar-refractivity contribution is -0.217. The third-order valence-corrected chi connectivity index (χ3v) is 8.54. The minimum absolute atomic E-state index is 0.181. The Morgan fingerprint density at radius 1 is 0.824 bits per heavy atom. The molecule has 0 aromatic rings. The molecule has 5 nitrogen and oxygen atoms in total. The SMILES string of the molecule is CCCCCCCCCCCSC(CCCCCCCC)C(C)OC(OCCC)([PH+]=O)C(=O)O. The van der Waals surface area contributed by atoms with Crippen LogP contribution in [0, 0.1) is 0 Å². The van der Waals surface area contributed by atoms with E-state index in [-0.39, 0.29) is 18.0 Å². The molecule has 1 N–H and O–H groups in total. The molecule has 0 saturated carbocycles. The highest BCUT2D eigenvalue weighted by Crippen LogP contribution is 2.33. The quantitative estimate of drug-likeness (QED) is 0.0695. The number of rotatable bonds is 26. The fourth-order valence-corrected chi connectivity index (χ4v) is 5.87. The van der Waals surface area contributed by atoms with E-state index in [2.05, 4.69) is 13.8 Å². The van der Waals surface area contributed by atoms with Crippen molar-refractivity contribution in [2.45, 2.75) is 154 Å². The van der Waals surface area contributed by atoms with Gasteiger partial charge >= 0.3 is 20.0 Å². The summed E-state index contributed by atoms with van der Waals surface area (Å²) in [5, 5.41) is 9.87. The Morgan fingerprint density at radius 2 is 1.32 bits per heavy atom. The number of carbonyl (C=O) groups is 1. The summed E-state index contributed by atoms with van der Waals surface area (Å²) in [4.78, 5) is 11.9. The summed E-state index contributed by atoms with van der Waals surface area (Å²) < 4.78 is 23.2. The maximum atomic E-state index is 11.9. The molecule has 0 saturated heterocycles. The summed E-state index contributed by atoms with van der Waals surface area (Å²) in [7, 11) is -1.20. The van der Waals surface area contributed by atoms with Crippen molar-refractivity contribution in [1.29, 1.82) is 0 Å². The van der Waals surface area contributed by atoms with E-state index in [1.54, 1.807) is 0 Å². The van der Waals surface area contributed by atoms with E-state index in [1.165, 1.54) is 89.9 Å². The third-order valence-electron chi connectivity index (χ3n) is 6.22. The predicted molar refractivity (Wildman–Crippen MR) is 148 cm³/mol. The molecular formula is C27H54O5PS+. The van der Waals surface area contributed by atoms with Gasteiger partial charge in [-0.15, -0.1) is 0 Å². The molecule has 7 heteroatoms. The molecule has 4 atom stereocenters. The summed E-state index contributed by atoms with van der Waals surface area (Å²) in [6.45, 7) is 8.50. The van der Waals surface area contributed by atoms with Crippen LogP contribution in [0.4, 0.5) is 0 Å². The molecule has 202 valence electrons. The molecule has 34 heavy (non-hydrogen) atoms. The molecule has 4 unspecified atom stereocenters. The smallest absolute Gasteiger partial charge is 0.472 e. The van der Waals surface area contributed by atoms with Crippen LogP contribution in [-0.2, 0) is 18.8 Å². The predicted octanol–water partition coefficient (Wildman–Crippen LogP) is 8.96. The Morgan fingerprint density at radius 3 is 1.79 bits per heavy atom. The molecule has 0 fully saturated rings. The first-order valence-corrected chi connectivity index (χ1v) is 16.0. The van der Waals surface area contributed by atoms with Gasteiger partial charge in [-0.25, -0.2) is 4.79 Å². The number of thioether (sulfide) groups is 1. The van der Waals surface area contributed by atoms with E-state index in [9.17, 15) is 14.5 Å². The lowest BCUT2D eigenvalue weighted by Crippen LogP contribution is -2.44. The number of ether oxygens (including phenoxy) is 2. The van der Waals surface area contributed by atoms with Crippen LogP contribution in [0.5, 0.6) is 0 Å². The first-order chi connectivity index (χ1) is 16.5. The minimum Gasteiger partial charge on any atom is -0.474 e. The van der Waals surface area contributed by atoms with E-state index >= 15 is 0 Å². The van der Waals surface area contributed by atoms with Crippen LogP contribution < -0.4 is 0 Å². The van der Waals surface area contributed by atoms with Crippen molar-refractivity contribution in [3.8, 4) is 0 Å². The Bertz CT molecular complexity index is 494. The van der Waals surface area contributed by atoms with Gasteiger partial charge < -0.3 is 9.84 Å². The van der Waals surface area contributed by atoms with Crippen LogP contribution >= 0.6 is 20.2 Å². The summed E-state index contributed by atoms with van der Waals surface area (Å²) in [5.41, 5.74) is -2.05. The van der Waals surface area contributed by atoms with Crippen molar-refractivity contribution in [1.82, 2.24) is 0 Å². The van der Waals surface area contributed by atoms with Gasteiger partial charge in [0.2, 0.25) is 0 Å². The van der Waals surface area contributed by atoms with Gasteiger partial charge in [0.1, 0.15) is 0 Å². The molecule has 0 amide bonds. The van der Waals surface area contributed by atoms with Crippen LogP contribution in [-0.4, -0.2) is 40.3 Å². The number of unbranched alkanes of at least 4 members (excludes halogenated alkanes) is 13. The van der Waals surface area contributed by atoms with Gasteiger partial charge in [0.25, 0.3) is 0 Å². The molecule has 0 aromatic carbocycles. The lowest BCUT2D eigenvalue weighted by Gasteiger charge is -2.28. The minimum atomic E-state index is -2.05. The third kappa shape index (κ3) is 16.5. The molecule has 0 aliphatic rings. The molecule has 0 radical (unpaired) electrons. The highest BCUT2D eigenvalue weighted by atomic mass is 32.2. The van der Waals surface area contributed by atoms with Gasteiger partial charge in [-0.05, 0) is 31.9 Å². The number of aliphatic carboxylic acids is 1. The zero-order chi connectivity index (χ0) is 25.5. The molecular weight excluding hydrogens is 467 g/mol. The Hall–Kier alpha value is -0.160. The van der Waals surface area contributed by atoms with Crippen molar-refractivity contribution in [2.75, 3.05) is 12.4 Å². The second-order valence-corrected chi connectivity index (χ2v) is 11.7. The molecule has 0 aromatic heterocycles. The van der Waals surface area contributed by atoms with Crippen LogP contribution in [0.3, 0.4) is 0 Å². The van der Waals surface area contributed by atoms with Crippen molar-refractivity contribution in [2.24, 2.45) is 0 Å². The number of carboxylic acid groups (broad SMARTS) is 1. The van der Waals surface area contributed by atoms with Crippen LogP contribution in [0.1, 0.15) is 137 Å². The first-order valence-electron chi connectivity index (χ1n) is 14.0. The Kier molecular flexibility index (Phi) is 23.1. The molecule has 0 spiro atoms. The van der Waals surface area contributed by atoms with Gasteiger partial charge in [-0.1, -0.05) is 115 Å². The molecule has 0 aliphatic carbocycles. The van der Waals surface area contributed by atoms with E-state index in [0.717, 1.165) is 18.6 Å². The van der Waals surface area contributed by atoms with Gasteiger partial charge in [-0.3, -0.25) is 4.74 Å². The van der Waals surface area contributed by atoms with Gasteiger partial charge in [-0.2, -0.15) is 11.8 Å². The monoisotopic (exact) mass is 521 g/mol. The van der Waals surface area contributed by atoms with E-state index < -0.39 is 20.0 Å². The standard InChI is InChI=1S/C27H53O5PS/c1-5-8-10-12-14-15-16-18-20-23-34-25(21-19-17-13-11-9-6-2)24(4)32-27(33-30,26(28)29)31-22-7-3/h24-25H,5-23H2,1-4H3,(H,28,29)/p+1. The summed E-state index contributed by atoms with van der Waals surface area (Å²) in [5.74, 6) is -0.247. The average Bonchev–Trinajstić information content (AvgIpc) is 2.83. The van der Waals surface area contributed by atoms with E-state index in [0.29, 0.717) is 6.42 Å². The first kappa shape index (κ1) is 33.8. The lowest BCUT2D eigenvalue weighted by atomic mass is 10.1. The number of carboxylic acids is 1. The van der Waals surface area contributed by atoms with Crippen LogP contribution in [0.2, 0.25) is 0 Å². The molecule has 0 rings (SSSR count). The number of hydrogen-bond acceptors (Lipinski definition) is 5. The normalized spacial score (nSPS) is 15.3. The molecule has 0 heterocycles. The Balaban J connectivity index is 4.65. The number of hydrogen-bond donors (Lipinski definition) is 1. The second kappa shape index (κ2) is 23.3. The zero-order valence-corrected chi connectivity index (χ0v) is 24.4. The summed E-state index contributed by atoms with van der Waals surface area (Å²) >= 11 is 1.89. The van der Waals surface area contributed by atoms with Crippen molar-refractivity contribution in [3.63, 3.8) is 0 Å². The van der Waals surface area contributed by atoms with Crippen LogP contribution in [0.25, 0.3) is 0 Å². The summed E-state index contributed by atoms with van der Waals surface area (Å²) in [6.07, 6.45) is 20.5. The maximum Gasteiger partial charge on any atom is 0.472 e. The highest BCUT2D eigenvalue weighted by Gasteiger charge is 2.53. The largest absolute Gasteiger partial charge is 0.474 e. The fraction of sp³-hybridized carbons (Fsp3) is 0.963. The average molecular weight is 522 g/mol. The van der Waals surface area contributed by atoms with Gasteiger partial charge in [0, 0.05) is 5.25 Å². The van der Waals surface area contributed by atoms with E-state index in [1.807, 2.05) is 25.6 Å². The fourth-order valence-electron chi connectivity index (χ4n) is 4.05. The van der Waals surface area contributed by atoms with Crippen LogP contribution in [0.15, 0.2) is 0 Å². The van der Waals surface area contributed by atoms with Crippen molar-refractivity contribution < 1.29 is 23.9 Å². The van der Waals surface area contributed by atoms with E-state index in [4.69, 9.17) is 9.47 Å². The zero-order valence-electron chi connectivity index (χ0n) is 22.6. The van der Waals surface area contributed by atoms with Crippen molar-refractivity contribution in [3.05, 3.63) is 0 Å². The maximum absolute atomic E-state index is 11.9. The topological polar surface area (TPSA) is 72.8 Å².